The lowest BCUT2D eigenvalue weighted by atomic mass is 10.3. The zero-order valence-corrected chi connectivity index (χ0v) is 14.8. The van der Waals surface area contributed by atoms with Gasteiger partial charge in [0.1, 0.15) is 0 Å². The summed E-state index contributed by atoms with van der Waals surface area (Å²) in [6, 6.07) is 8.91. The Labute approximate surface area is 141 Å². The lowest BCUT2D eigenvalue weighted by molar-refractivity contribution is 0.397. The average Bonchev–Trinajstić information content (AvgIpc) is 2.54. The highest BCUT2D eigenvalue weighted by Gasteiger charge is 2.15. The van der Waals surface area contributed by atoms with Gasteiger partial charge in [-0.3, -0.25) is 0 Å². The monoisotopic (exact) mass is 370 g/mol. The van der Waals surface area contributed by atoms with Crippen LogP contribution in [0.2, 0.25) is 0 Å². The van der Waals surface area contributed by atoms with Gasteiger partial charge in [0.05, 0.1) is 21.7 Å². The van der Waals surface area contributed by atoms with Gasteiger partial charge >= 0.3 is 0 Å². The van der Waals surface area contributed by atoms with Crippen molar-refractivity contribution < 1.29 is 17.4 Å². The van der Waals surface area contributed by atoms with Gasteiger partial charge in [-0.15, -0.1) is 4.83 Å². The minimum absolute atomic E-state index is 0.0679. The number of aromatic nitrogens is 1. The summed E-state index contributed by atoms with van der Waals surface area (Å²) in [5.74, 6) is 0.429. The summed E-state index contributed by atoms with van der Waals surface area (Å²) in [5, 5.41) is 0. The molecule has 1 aromatic carbocycles. The molecule has 0 spiro atoms. The number of nitrogens with zero attached hydrogens (tertiary/aromatic N) is 1. The third-order valence-electron chi connectivity index (χ3n) is 3.07. The Morgan fingerprint density at radius 3 is 2.54 bits per heavy atom. The quantitative estimate of drug-likeness (QED) is 0.628. The van der Waals surface area contributed by atoms with E-state index in [1.165, 1.54) is 37.6 Å². The fourth-order valence-corrected chi connectivity index (χ4v) is 3.53. The third kappa shape index (κ3) is 4.74. The molecule has 1 unspecified atom stereocenters. The van der Waals surface area contributed by atoms with Gasteiger partial charge in [0.25, 0.3) is 10.0 Å². The first-order chi connectivity index (χ1) is 11.2. The van der Waals surface area contributed by atoms with Gasteiger partial charge in [-0.05, 0) is 29.8 Å². The topological polar surface area (TPSA) is 121 Å². The number of pyridine rings is 1. The normalized spacial score (nSPS) is 14.1. The number of rotatable bonds is 7. The first kappa shape index (κ1) is 18.3. The summed E-state index contributed by atoms with van der Waals surface area (Å²) >= 11 is 0. The number of benzene rings is 1. The summed E-state index contributed by atoms with van der Waals surface area (Å²) in [5.41, 5.74) is 3.39. The van der Waals surface area contributed by atoms with Crippen molar-refractivity contribution in [2.24, 2.45) is 0 Å². The van der Waals surface area contributed by atoms with E-state index in [0.717, 1.165) is 5.56 Å². The van der Waals surface area contributed by atoms with Crippen molar-refractivity contribution in [3.05, 3.63) is 48.2 Å². The molecule has 0 amide bonds. The lowest BCUT2D eigenvalue weighted by Crippen LogP contribution is -2.36. The summed E-state index contributed by atoms with van der Waals surface area (Å²) in [6.07, 6.45) is 2.79. The van der Waals surface area contributed by atoms with E-state index in [4.69, 9.17) is 9.52 Å². The Balaban J connectivity index is 2.09. The van der Waals surface area contributed by atoms with E-state index >= 15 is 0 Å². The Morgan fingerprint density at radius 1 is 1.17 bits per heavy atom. The maximum atomic E-state index is 12.3. The molecule has 0 aliphatic rings. The van der Waals surface area contributed by atoms with E-state index in [1.807, 2.05) is 0 Å². The molecule has 130 valence electrons. The fraction of sp³-hybridized carbons (Fsp3) is 0.214. The van der Waals surface area contributed by atoms with E-state index < -0.39 is 19.8 Å². The molecular formula is C14H18N4O4S2. The smallest absolute Gasteiger partial charge is 0.253 e. The number of nitrogens with one attached hydrogen (secondary N) is 3. The first-order valence-electron chi connectivity index (χ1n) is 6.80. The van der Waals surface area contributed by atoms with Crippen LogP contribution in [0, 0.1) is 4.78 Å². The van der Waals surface area contributed by atoms with Crippen molar-refractivity contribution in [3.63, 3.8) is 0 Å². The molecule has 1 aromatic heterocycles. The SMILES string of the molecule is COc1cc(CNNS(=O)(=O)c2cccc(S(C)(=N)=O)c2)ccn1. The van der Waals surface area contributed by atoms with Crippen LogP contribution in [0.4, 0.5) is 0 Å². The Bertz CT molecular complexity index is 927. The van der Waals surface area contributed by atoms with E-state index in [9.17, 15) is 12.6 Å². The van der Waals surface area contributed by atoms with E-state index in [0.29, 0.717) is 5.88 Å². The van der Waals surface area contributed by atoms with Crippen LogP contribution in [0.3, 0.4) is 0 Å². The molecule has 0 aliphatic heterocycles. The zero-order valence-electron chi connectivity index (χ0n) is 13.1. The molecule has 10 heteroatoms. The van der Waals surface area contributed by atoms with Crippen molar-refractivity contribution in [2.45, 2.75) is 16.3 Å². The van der Waals surface area contributed by atoms with Crippen molar-refractivity contribution in [1.29, 1.82) is 4.78 Å². The predicted octanol–water partition coefficient (Wildman–Crippen LogP) is 1.11. The van der Waals surface area contributed by atoms with Crippen LogP contribution >= 0.6 is 0 Å². The molecular weight excluding hydrogens is 352 g/mol. The second-order valence-electron chi connectivity index (χ2n) is 4.98. The van der Waals surface area contributed by atoms with Crippen LogP contribution < -0.4 is 15.0 Å². The van der Waals surface area contributed by atoms with Crippen molar-refractivity contribution in [3.8, 4) is 5.88 Å². The molecule has 1 heterocycles. The molecule has 0 saturated carbocycles. The minimum atomic E-state index is -3.85. The Kier molecular flexibility index (Phi) is 5.54. The number of sulfonamides is 1. The second-order valence-corrected chi connectivity index (χ2v) is 8.83. The van der Waals surface area contributed by atoms with Gasteiger partial charge in [0, 0.05) is 30.0 Å². The highest BCUT2D eigenvalue weighted by Crippen LogP contribution is 2.15. The minimum Gasteiger partial charge on any atom is -0.481 e. The number of hydrogen-bond donors (Lipinski definition) is 3. The molecule has 24 heavy (non-hydrogen) atoms. The third-order valence-corrected chi connectivity index (χ3v) is 5.51. The number of methoxy groups -OCH3 is 1. The summed E-state index contributed by atoms with van der Waals surface area (Å²) in [7, 11) is -5.34. The van der Waals surface area contributed by atoms with Crippen molar-refractivity contribution in [1.82, 2.24) is 15.2 Å². The highest BCUT2D eigenvalue weighted by atomic mass is 32.2. The molecule has 0 radical (unpaired) electrons. The molecule has 2 rings (SSSR count). The van der Waals surface area contributed by atoms with Gasteiger partial charge in [-0.2, -0.15) is 0 Å². The number of ether oxygens (including phenoxy) is 1. The second kappa shape index (κ2) is 7.26. The van der Waals surface area contributed by atoms with Crippen LogP contribution in [0.15, 0.2) is 52.4 Å². The molecule has 3 N–H and O–H groups in total. The van der Waals surface area contributed by atoms with Crippen molar-refractivity contribution >= 4 is 19.8 Å². The van der Waals surface area contributed by atoms with Crippen molar-refractivity contribution in [2.75, 3.05) is 13.4 Å². The van der Waals surface area contributed by atoms with E-state index in [-0.39, 0.29) is 16.3 Å². The fourth-order valence-electron chi connectivity index (χ4n) is 1.85. The zero-order chi connectivity index (χ0) is 17.8. The van der Waals surface area contributed by atoms with Gasteiger partial charge < -0.3 is 4.74 Å². The Morgan fingerprint density at radius 2 is 1.88 bits per heavy atom. The molecule has 0 saturated heterocycles. The van der Waals surface area contributed by atoms with E-state index in [1.54, 1.807) is 18.3 Å². The molecule has 0 aliphatic carbocycles. The molecule has 2 aromatic rings. The van der Waals surface area contributed by atoms with Crippen LogP contribution in [-0.2, 0) is 26.3 Å². The van der Waals surface area contributed by atoms with Crippen LogP contribution in [-0.4, -0.2) is 31.0 Å². The highest BCUT2D eigenvalue weighted by molar-refractivity contribution is 7.92. The van der Waals surface area contributed by atoms with Crippen LogP contribution in [0.1, 0.15) is 5.56 Å². The van der Waals surface area contributed by atoms with E-state index in [2.05, 4.69) is 15.2 Å². The summed E-state index contributed by atoms with van der Waals surface area (Å²) in [4.78, 5) is 6.30. The van der Waals surface area contributed by atoms with Crippen LogP contribution in [0.5, 0.6) is 5.88 Å². The average molecular weight is 370 g/mol. The standard InChI is InChI=1S/C14H18N4O4S2/c1-22-14-8-11(6-7-16-14)10-17-18-24(20,21)13-5-3-4-12(9-13)23(2,15)19/h3-9,15,17-18H,10H2,1-2H3. The van der Waals surface area contributed by atoms with Gasteiger partial charge in [0.2, 0.25) is 5.88 Å². The summed E-state index contributed by atoms with van der Waals surface area (Å²) < 4.78 is 48.8. The van der Waals surface area contributed by atoms with Gasteiger partial charge in [0.15, 0.2) is 0 Å². The Hall–Kier alpha value is -2.01. The first-order valence-corrected chi connectivity index (χ1v) is 10.2. The van der Waals surface area contributed by atoms with Gasteiger partial charge in [-0.25, -0.2) is 27.8 Å². The summed E-state index contributed by atoms with van der Waals surface area (Å²) in [6.45, 7) is 0.223. The predicted molar refractivity (Wildman–Crippen MR) is 89.4 cm³/mol. The lowest BCUT2D eigenvalue weighted by Gasteiger charge is -2.10. The number of hydrazine groups is 1. The van der Waals surface area contributed by atoms with Crippen LogP contribution in [0.25, 0.3) is 0 Å². The largest absolute Gasteiger partial charge is 0.481 e. The maximum absolute atomic E-state index is 12.3. The maximum Gasteiger partial charge on any atom is 0.253 e. The molecule has 8 nitrogen and oxygen atoms in total. The molecule has 1 atom stereocenters. The van der Waals surface area contributed by atoms with Gasteiger partial charge in [-0.1, -0.05) is 6.07 Å². The molecule has 0 bridgehead atoms. The molecule has 0 fully saturated rings. The number of hydrogen-bond acceptors (Lipinski definition) is 7.